The number of esters is 1. The number of carbonyl (C=O) groups excluding carboxylic acids is 2. The topological polar surface area (TPSA) is 82.4 Å². The summed E-state index contributed by atoms with van der Waals surface area (Å²) < 4.78 is 4.47. The van der Waals surface area contributed by atoms with Crippen LogP contribution in [0.3, 0.4) is 0 Å². The van der Waals surface area contributed by atoms with Gasteiger partial charge in [0.1, 0.15) is 6.07 Å². The van der Waals surface area contributed by atoms with E-state index in [1.54, 1.807) is 35.2 Å². The minimum atomic E-state index is -0.705. The summed E-state index contributed by atoms with van der Waals surface area (Å²) in [5.41, 5.74) is 1.12. The number of hydrogen-bond donors (Lipinski definition) is 1. The van der Waals surface area contributed by atoms with Crippen molar-refractivity contribution >= 4 is 17.6 Å². The van der Waals surface area contributed by atoms with Crippen LogP contribution >= 0.6 is 0 Å². The predicted octanol–water partition coefficient (Wildman–Crippen LogP) is 2.16. The zero-order valence-electron chi connectivity index (χ0n) is 12.9. The Labute approximate surface area is 130 Å². The lowest BCUT2D eigenvalue weighted by molar-refractivity contribution is -0.135. The average Bonchev–Trinajstić information content (AvgIpc) is 2.56. The van der Waals surface area contributed by atoms with E-state index in [4.69, 9.17) is 5.26 Å². The summed E-state index contributed by atoms with van der Waals surface area (Å²) in [7, 11) is 1.21. The number of nitrogens with zero attached hydrogens (tertiary/aromatic N) is 2. The second-order valence-corrected chi connectivity index (χ2v) is 4.36. The van der Waals surface area contributed by atoms with Gasteiger partial charge in [0.2, 0.25) is 0 Å². The van der Waals surface area contributed by atoms with E-state index in [-0.39, 0.29) is 11.5 Å². The third-order valence-electron chi connectivity index (χ3n) is 3.09. The lowest BCUT2D eigenvalue weighted by Crippen LogP contribution is -2.30. The van der Waals surface area contributed by atoms with Gasteiger partial charge in [-0.25, -0.2) is 4.79 Å². The number of nitriles is 1. The maximum atomic E-state index is 12.1. The van der Waals surface area contributed by atoms with Crippen LogP contribution in [-0.4, -0.2) is 37.0 Å². The summed E-state index contributed by atoms with van der Waals surface area (Å²) in [6, 6.07) is 8.55. The minimum Gasteiger partial charge on any atom is -0.465 e. The van der Waals surface area contributed by atoms with Crippen LogP contribution in [-0.2, 0) is 9.53 Å². The van der Waals surface area contributed by atoms with E-state index < -0.39 is 5.97 Å². The molecule has 0 saturated carbocycles. The first-order chi connectivity index (χ1) is 10.6. The predicted molar refractivity (Wildman–Crippen MR) is 83.0 cm³/mol. The third kappa shape index (κ3) is 4.35. The Hall–Kier alpha value is -2.81. The molecule has 0 unspecified atom stereocenters. The summed E-state index contributed by atoms with van der Waals surface area (Å²) in [4.78, 5) is 25.1. The Morgan fingerprint density at radius 3 is 2.32 bits per heavy atom. The molecule has 116 valence electrons. The van der Waals surface area contributed by atoms with E-state index in [1.165, 1.54) is 13.3 Å². The van der Waals surface area contributed by atoms with Crippen LogP contribution in [0, 0.1) is 11.3 Å². The van der Waals surface area contributed by atoms with Crippen LogP contribution in [0.4, 0.5) is 5.69 Å². The normalized spacial score (nSPS) is 10.5. The number of methoxy groups -OCH3 is 1. The molecule has 1 aromatic carbocycles. The van der Waals surface area contributed by atoms with Crippen LogP contribution in [0.1, 0.15) is 24.2 Å². The molecule has 6 nitrogen and oxygen atoms in total. The highest BCUT2D eigenvalue weighted by molar-refractivity contribution is 5.95. The molecule has 0 bridgehead atoms. The Morgan fingerprint density at radius 1 is 1.27 bits per heavy atom. The van der Waals surface area contributed by atoms with E-state index in [0.29, 0.717) is 24.3 Å². The molecule has 1 N–H and O–H groups in total. The number of hydrogen-bond acceptors (Lipinski definition) is 5. The Bertz CT molecular complexity index is 596. The van der Waals surface area contributed by atoms with Crippen molar-refractivity contribution in [1.82, 2.24) is 4.90 Å². The van der Waals surface area contributed by atoms with E-state index in [2.05, 4.69) is 10.1 Å². The molecule has 1 amide bonds. The van der Waals surface area contributed by atoms with Crippen molar-refractivity contribution in [3.8, 4) is 6.07 Å². The standard InChI is InChI=1S/C16H19N3O3/c1-4-19(5-2)15(20)12-6-8-14(9-7-12)18-11-13(10-17)16(21)22-3/h6-9,11,18H,4-5H2,1-3H3/b13-11-. The maximum absolute atomic E-state index is 12.1. The highest BCUT2D eigenvalue weighted by atomic mass is 16.5. The van der Waals surface area contributed by atoms with Crippen LogP contribution in [0.25, 0.3) is 0 Å². The number of carbonyl (C=O) groups is 2. The van der Waals surface area contributed by atoms with Gasteiger partial charge in [0, 0.05) is 30.5 Å². The number of benzene rings is 1. The molecular formula is C16H19N3O3. The first kappa shape index (κ1) is 17.2. The molecule has 0 spiro atoms. The van der Waals surface area contributed by atoms with E-state index >= 15 is 0 Å². The van der Waals surface area contributed by atoms with Crippen molar-refractivity contribution in [3.05, 3.63) is 41.6 Å². The maximum Gasteiger partial charge on any atom is 0.350 e. The number of rotatable bonds is 6. The first-order valence-corrected chi connectivity index (χ1v) is 6.91. The molecular weight excluding hydrogens is 282 g/mol. The molecule has 0 heterocycles. The fourth-order valence-electron chi connectivity index (χ4n) is 1.80. The van der Waals surface area contributed by atoms with Gasteiger partial charge in [0.15, 0.2) is 5.57 Å². The van der Waals surface area contributed by atoms with Crippen LogP contribution < -0.4 is 5.32 Å². The molecule has 0 fully saturated rings. The molecule has 22 heavy (non-hydrogen) atoms. The minimum absolute atomic E-state index is 0.0284. The highest BCUT2D eigenvalue weighted by Crippen LogP contribution is 2.12. The fourth-order valence-corrected chi connectivity index (χ4v) is 1.80. The molecule has 0 radical (unpaired) electrons. The van der Waals surface area contributed by atoms with Crippen LogP contribution in [0.15, 0.2) is 36.0 Å². The van der Waals surface area contributed by atoms with Gasteiger partial charge in [0.25, 0.3) is 5.91 Å². The van der Waals surface area contributed by atoms with Gasteiger partial charge >= 0.3 is 5.97 Å². The zero-order chi connectivity index (χ0) is 16.5. The average molecular weight is 301 g/mol. The number of ether oxygens (including phenoxy) is 1. The summed E-state index contributed by atoms with van der Waals surface area (Å²) in [6.07, 6.45) is 1.27. The molecule has 1 rings (SSSR count). The molecule has 0 aliphatic heterocycles. The third-order valence-corrected chi connectivity index (χ3v) is 3.09. The Kier molecular flexibility index (Phi) is 6.64. The van der Waals surface area contributed by atoms with Crippen molar-refractivity contribution in [2.75, 3.05) is 25.5 Å². The molecule has 0 atom stereocenters. The summed E-state index contributed by atoms with van der Waals surface area (Å²) >= 11 is 0. The molecule has 0 aliphatic carbocycles. The zero-order valence-corrected chi connectivity index (χ0v) is 12.9. The van der Waals surface area contributed by atoms with E-state index in [1.807, 2.05) is 13.8 Å². The summed E-state index contributed by atoms with van der Waals surface area (Å²) in [6.45, 7) is 5.17. The summed E-state index contributed by atoms with van der Waals surface area (Å²) in [5, 5.41) is 11.7. The van der Waals surface area contributed by atoms with Crippen molar-refractivity contribution in [1.29, 1.82) is 5.26 Å². The lowest BCUT2D eigenvalue weighted by Gasteiger charge is -2.18. The highest BCUT2D eigenvalue weighted by Gasteiger charge is 2.12. The molecule has 0 saturated heterocycles. The molecule has 1 aromatic rings. The van der Waals surface area contributed by atoms with Crippen molar-refractivity contribution in [2.24, 2.45) is 0 Å². The number of anilines is 1. The SMILES string of the molecule is CCN(CC)C(=O)c1ccc(N/C=C(/C#N)C(=O)OC)cc1. The van der Waals surface area contributed by atoms with Gasteiger partial charge in [-0.2, -0.15) is 5.26 Å². The van der Waals surface area contributed by atoms with Gasteiger partial charge < -0.3 is 15.0 Å². The van der Waals surface area contributed by atoms with Gasteiger partial charge in [-0.1, -0.05) is 0 Å². The molecule has 0 aromatic heterocycles. The Balaban J connectivity index is 2.82. The van der Waals surface area contributed by atoms with E-state index in [9.17, 15) is 9.59 Å². The quantitative estimate of drug-likeness (QED) is 0.494. The van der Waals surface area contributed by atoms with E-state index in [0.717, 1.165) is 0 Å². The largest absolute Gasteiger partial charge is 0.465 e. The smallest absolute Gasteiger partial charge is 0.350 e. The van der Waals surface area contributed by atoms with Crippen molar-refractivity contribution < 1.29 is 14.3 Å². The molecule has 0 aliphatic rings. The Morgan fingerprint density at radius 2 is 1.86 bits per heavy atom. The molecule has 6 heteroatoms. The van der Waals surface area contributed by atoms with Gasteiger partial charge in [-0.15, -0.1) is 0 Å². The second-order valence-electron chi connectivity index (χ2n) is 4.36. The lowest BCUT2D eigenvalue weighted by atomic mass is 10.1. The van der Waals surface area contributed by atoms with Crippen LogP contribution in [0.5, 0.6) is 0 Å². The van der Waals surface area contributed by atoms with Gasteiger partial charge in [-0.3, -0.25) is 4.79 Å². The first-order valence-electron chi connectivity index (χ1n) is 6.91. The van der Waals surface area contributed by atoms with Gasteiger partial charge in [-0.05, 0) is 38.1 Å². The second kappa shape index (κ2) is 8.47. The fraction of sp³-hybridized carbons (Fsp3) is 0.312. The monoisotopic (exact) mass is 301 g/mol. The number of amides is 1. The summed E-state index contributed by atoms with van der Waals surface area (Å²) in [5.74, 6) is -0.734. The van der Waals surface area contributed by atoms with Crippen LogP contribution in [0.2, 0.25) is 0 Å². The van der Waals surface area contributed by atoms with Crippen molar-refractivity contribution in [2.45, 2.75) is 13.8 Å². The van der Waals surface area contributed by atoms with Gasteiger partial charge in [0.05, 0.1) is 7.11 Å². The number of nitrogens with one attached hydrogen (secondary N) is 1. The van der Waals surface area contributed by atoms with Crippen molar-refractivity contribution in [3.63, 3.8) is 0 Å².